The molecule has 2 atom stereocenters. The van der Waals surface area contributed by atoms with E-state index in [1.807, 2.05) is 19.1 Å². The van der Waals surface area contributed by atoms with Crippen LogP contribution in [-0.2, 0) is 10.0 Å². The van der Waals surface area contributed by atoms with E-state index in [4.69, 9.17) is 4.74 Å². The molecule has 1 saturated heterocycles. The molecule has 1 fully saturated rings. The summed E-state index contributed by atoms with van der Waals surface area (Å²) in [7, 11) is -3.44. The molecular formula is C13H19NO5S. The SMILES string of the molecule is Cc1ccccc1O[C@H]1CN(S(C)(=O)=O)C[C@@]1(O)CO. The van der Waals surface area contributed by atoms with Crippen molar-refractivity contribution in [1.82, 2.24) is 4.31 Å². The Bertz CT molecular complexity index is 588. The van der Waals surface area contributed by atoms with Gasteiger partial charge in [-0.2, -0.15) is 4.31 Å². The monoisotopic (exact) mass is 301 g/mol. The minimum absolute atomic E-state index is 0.0181. The number of nitrogens with zero attached hydrogens (tertiary/aromatic N) is 1. The second-order valence-electron chi connectivity index (χ2n) is 5.19. The zero-order valence-electron chi connectivity index (χ0n) is 11.5. The summed E-state index contributed by atoms with van der Waals surface area (Å²) in [5.74, 6) is 0.569. The Morgan fingerprint density at radius 1 is 1.45 bits per heavy atom. The fraction of sp³-hybridized carbons (Fsp3) is 0.538. The Morgan fingerprint density at radius 2 is 2.10 bits per heavy atom. The van der Waals surface area contributed by atoms with E-state index in [1.165, 1.54) is 0 Å². The standard InChI is InChI=1S/C13H19NO5S/c1-10-5-3-4-6-11(10)19-12-7-14(20(2,17)18)8-13(12,16)9-15/h3-6,12,15-16H,7-9H2,1-2H3/t12-,13+/m0/s1. The molecule has 0 unspecified atom stereocenters. The molecule has 112 valence electrons. The number of aryl methyl sites for hydroxylation is 1. The molecule has 0 saturated carbocycles. The molecule has 0 bridgehead atoms. The highest BCUT2D eigenvalue weighted by Crippen LogP contribution is 2.29. The highest BCUT2D eigenvalue weighted by molar-refractivity contribution is 7.88. The highest BCUT2D eigenvalue weighted by Gasteiger charge is 2.49. The van der Waals surface area contributed by atoms with Crippen molar-refractivity contribution in [2.24, 2.45) is 0 Å². The summed E-state index contributed by atoms with van der Waals surface area (Å²) < 4.78 is 30.0. The van der Waals surface area contributed by atoms with E-state index in [2.05, 4.69) is 0 Å². The number of aliphatic hydroxyl groups excluding tert-OH is 1. The van der Waals surface area contributed by atoms with Crippen molar-refractivity contribution in [2.45, 2.75) is 18.6 Å². The Kier molecular flexibility index (Phi) is 4.06. The number of benzene rings is 1. The van der Waals surface area contributed by atoms with Gasteiger partial charge in [0, 0.05) is 6.54 Å². The maximum atomic E-state index is 11.6. The fourth-order valence-corrected chi connectivity index (χ4v) is 3.08. The largest absolute Gasteiger partial charge is 0.486 e. The molecule has 0 aromatic heterocycles. The fourth-order valence-electron chi connectivity index (χ4n) is 2.22. The smallest absolute Gasteiger partial charge is 0.211 e. The number of rotatable bonds is 4. The summed E-state index contributed by atoms with van der Waals surface area (Å²) >= 11 is 0. The lowest BCUT2D eigenvalue weighted by molar-refractivity contribution is -0.0642. The van der Waals surface area contributed by atoms with Crippen molar-refractivity contribution in [3.05, 3.63) is 29.8 Å². The van der Waals surface area contributed by atoms with Gasteiger partial charge in [0.1, 0.15) is 17.5 Å². The molecule has 1 aromatic rings. The van der Waals surface area contributed by atoms with Crippen molar-refractivity contribution >= 4 is 10.0 Å². The van der Waals surface area contributed by atoms with Gasteiger partial charge in [0.2, 0.25) is 10.0 Å². The average molecular weight is 301 g/mol. The molecule has 0 aliphatic carbocycles. The third-order valence-corrected chi connectivity index (χ3v) is 4.74. The predicted molar refractivity (Wildman–Crippen MR) is 74.0 cm³/mol. The van der Waals surface area contributed by atoms with Gasteiger partial charge in [-0.1, -0.05) is 18.2 Å². The lowest BCUT2D eigenvalue weighted by atomic mass is 10.0. The van der Waals surface area contributed by atoms with Crippen molar-refractivity contribution in [2.75, 3.05) is 26.0 Å². The van der Waals surface area contributed by atoms with Crippen molar-refractivity contribution in [1.29, 1.82) is 0 Å². The lowest BCUT2D eigenvalue weighted by Crippen LogP contribution is -2.48. The molecular weight excluding hydrogens is 282 g/mol. The number of hydrogen-bond acceptors (Lipinski definition) is 5. The number of hydrogen-bond donors (Lipinski definition) is 2. The van der Waals surface area contributed by atoms with Crippen LogP contribution >= 0.6 is 0 Å². The quantitative estimate of drug-likeness (QED) is 0.800. The molecule has 0 amide bonds. The molecule has 1 aromatic carbocycles. The summed E-state index contributed by atoms with van der Waals surface area (Å²) in [5.41, 5.74) is -0.712. The Balaban J connectivity index is 2.24. The molecule has 20 heavy (non-hydrogen) atoms. The minimum Gasteiger partial charge on any atom is -0.486 e. The second kappa shape index (κ2) is 5.33. The van der Waals surface area contributed by atoms with Crippen LogP contribution in [0.3, 0.4) is 0 Å². The van der Waals surface area contributed by atoms with Crippen LogP contribution in [0.4, 0.5) is 0 Å². The topological polar surface area (TPSA) is 87.1 Å². The Labute approximate surface area is 118 Å². The third-order valence-electron chi connectivity index (χ3n) is 3.52. The number of para-hydroxylation sites is 1. The van der Waals surface area contributed by atoms with E-state index in [-0.39, 0.29) is 13.1 Å². The average Bonchev–Trinajstić information content (AvgIpc) is 2.71. The molecule has 1 aliphatic rings. The first kappa shape index (κ1) is 15.2. The predicted octanol–water partition coefficient (Wildman–Crippen LogP) is -0.259. The van der Waals surface area contributed by atoms with Crippen LogP contribution in [0.2, 0.25) is 0 Å². The van der Waals surface area contributed by atoms with Crippen LogP contribution in [0.5, 0.6) is 5.75 Å². The van der Waals surface area contributed by atoms with Gasteiger partial charge in [-0.05, 0) is 18.6 Å². The van der Waals surface area contributed by atoms with Gasteiger partial charge in [-0.15, -0.1) is 0 Å². The molecule has 2 rings (SSSR count). The van der Waals surface area contributed by atoms with Crippen molar-refractivity contribution in [3.8, 4) is 5.75 Å². The summed E-state index contributed by atoms with van der Waals surface area (Å²) in [5, 5.41) is 19.7. The van der Waals surface area contributed by atoms with Gasteiger partial charge in [-0.25, -0.2) is 8.42 Å². The first-order valence-corrected chi connectivity index (χ1v) is 8.12. The van der Waals surface area contributed by atoms with E-state index < -0.39 is 28.3 Å². The van der Waals surface area contributed by atoms with Crippen LogP contribution in [0.15, 0.2) is 24.3 Å². The number of β-amino-alcohol motifs (C(OH)–C–C–N with tert-alkyl or cyclic N) is 1. The molecule has 1 aliphatic heterocycles. The molecule has 0 radical (unpaired) electrons. The maximum absolute atomic E-state index is 11.6. The zero-order valence-corrected chi connectivity index (χ0v) is 12.3. The van der Waals surface area contributed by atoms with Gasteiger partial charge in [-0.3, -0.25) is 0 Å². The molecule has 6 nitrogen and oxygen atoms in total. The van der Waals surface area contributed by atoms with Gasteiger partial charge >= 0.3 is 0 Å². The summed E-state index contributed by atoms with van der Waals surface area (Å²) in [6.45, 7) is 1.15. The maximum Gasteiger partial charge on any atom is 0.211 e. The van der Waals surface area contributed by atoms with Crippen LogP contribution in [-0.4, -0.2) is 60.6 Å². The molecule has 2 N–H and O–H groups in total. The molecule has 0 spiro atoms. The van der Waals surface area contributed by atoms with Gasteiger partial charge in [0.25, 0.3) is 0 Å². The number of sulfonamides is 1. The zero-order chi connectivity index (χ0) is 15.0. The van der Waals surface area contributed by atoms with Crippen LogP contribution in [0.25, 0.3) is 0 Å². The van der Waals surface area contributed by atoms with E-state index in [0.29, 0.717) is 5.75 Å². The Morgan fingerprint density at radius 3 is 2.65 bits per heavy atom. The molecule has 1 heterocycles. The van der Waals surface area contributed by atoms with Crippen molar-refractivity contribution in [3.63, 3.8) is 0 Å². The van der Waals surface area contributed by atoms with Gasteiger partial charge in [0.05, 0.1) is 19.4 Å². The molecule has 7 heteroatoms. The highest BCUT2D eigenvalue weighted by atomic mass is 32.2. The minimum atomic E-state index is -3.44. The normalized spacial score (nSPS) is 27.7. The summed E-state index contributed by atoms with van der Waals surface area (Å²) in [6.07, 6.45) is 0.268. The van der Waals surface area contributed by atoms with Crippen LogP contribution in [0.1, 0.15) is 5.56 Å². The summed E-state index contributed by atoms with van der Waals surface area (Å²) in [4.78, 5) is 0. The van der Waals surface area contributed by atoms with E-state index >= 15 is 0 Å². The van der Waals surface area contributed by atoms with Gasteiger partial charge in [0.15, 0.2) is 0 Å². The number of ether oxygens (including phenoxy) is 1. The van der Waals surface area contributed by atoms with Gasteiger partial charge < -0.3 is 14.9 Å². The second-order valence-corrected chi connectivity index (χ2v) is 7.17. The number of aliphatic hydroxyl groups is 2. The lowest BCUT2D eigenvalue weighted by Gasteiger charge is -2.27. The Hall–Kier alpha value is -1.15. The van der Waals surface area contributed by atoms with Crippen LogP contribution in [0, 0.1) is 6.92 Å². The summed E-state index contributed by atoms with van der Waals surface area (Å²) in [6, 6.07) is 7.26. The van der Waals surface area contributed by atoms with E-state index in [9.17, 15) is 18.6 Å². The van der Waals surface area contributed by atoms with E-state index in [1.54, 1.807) is 12.1 Å². The van der Waals surface area contributed by atoms with Crippen LogP contribution < -0.4 is 4.74 Å². The van der Waals surface area contributed by atoms with Crippen molar-refractivity contribution < 1.29 is 23.4 Å². The first-order chi connectivity index (χ1) is 9.26. The van der Waals surface area contributed by atoms with E-state index in [0.717, 1.165) is 16.1 Å². The third kappa shape index (κ3) is 2.95. The first-order valence-electron chi connectivity index (χ1n) is 6.27.